The van der Waals surface area contributed by atoms with Gasteiger partial charge >= 0.3 is 0 Å². The van der Waals surface area contributed by atoms with Gasteiger partial charge in [0.25, 0.3) is 4.84 Å². The molecule has 13 heavy (non-hydrogen) atoms. The average Bonchev–Trinajstić information content (AvgIpc) is 2.53. The summed E-state index contributed by atoms with van der Waals surface area (Å²) in [6.07, 6.45) is 0. The first-order valence-electron chi connectivity index (χ1n) is 3.88. The second-order valence-corrected chi connectivity index (χ2v) is 3.16. The molecule has 0 bridgehead atoms. The van der Waals surface area contributed by atoms with Gasteiger partial charge in [-0.05, 0) is 31.3 Å². The minimum absolute atomic E-state index is 0.301. The van der Waals surface area contributed by atoms with Crippen LogP contribution in [0.1, 0.15) is 5.56 Å². The van der Waals surface area contributed by atoms with Crippen LogP contribution in [0.3, 0.4) is 0 Å². The fourth-order valence-corrected chi connectivity index (χ4v) is 1.17. The normalized spacial score (nSPS) is 10.2. The van der Waals surface area contributed by atoms with Crippen LogP contribution in [0.5, 0.6) is 0 Å². The van der Waals surface area contributed by atoms with Gasteiger partial charge in [0.15, 0.2) is 0 Å². The Labute approximate surface area is 80.4 Å². The van der Waals surface area contributed by atoms with Gasteiger partial charge in [0.2, 0.25) is 5.89 Å². The van der Waals surface area contributed by atoms with Gasteiger partial charge in [-0.3, -0.25) is 0 Å². The molecule has 1 heterocycles. The molecule has 2 aromatic rings. The number of nitrogens with one attached hydrogen (secondary N) is 1. The fourth-order valence-electron chi connectivity index (χ4n) is 1.05. The molecule has 0 atom stereocenters. The van der Waals surface area contributed by atoms with Crippen molar-refractivity contribution in [2.75, 3.05) is 0 Å². The van der Waals surface area contributed by atoms with E-state index in [0.29, 0.717) is 10.7 Å². The molecule has 0 saturated carbocycles. The molecule has 0 fully saturated rings. The van der Waals surface area contributed by atoms with E-state index in [4.69, 9.17) is 16.6 Å². The first kappa shape index (κ1) is 8.19. The highest BCUT2D eigenvalue weighted by Gasteiger charge is 2.01. The Kier molecular flexibility index (Phi) is 1.98. The topological polar surface area (TPSA) is 41.8 Å². The Morgan fingerprint density at radius 2 is 2.00 bits per heavy atom. The summed E-state index contributed by atoms with van der Waals surface area (Å²) in [5.74, 6) is 0.532. The minimum atomic E-state index is 0.301. The summed E-state index contributed by atoms with van der Waals surface area (Å²) < 4.78 is 5.16. The van der Waals surface area contributed by atoms with Gasteiger partial charge in [-0.15, -0.1) is 5.10 Å². The zero-order valence-electron chi connectivity index (χ0n) is 7.07. The van der Waals surface area contributed by atoms with Crippen LogP contribution in [-0.2, 0) is 0 Å². The molecule has 0 aliphatic rings. The van der Waals surface area contributed by atoms with Crippen LogP contribution in [-0.4, -0.2) is 10.2 Å². The molecule has 3 nitrogen and oxygen atoms in total. The number of aromatic nitrogens is 2. The number of rotatable bonds is 1. The summed E-state index contributed by atoms with van der Waals surface area (Å²) in [6.45, 7) is 2.03. The van der Waals surface area contributed by atoms with Crippen LogP contribution >= 0.6 is 12.2 Å². The fraction of sp³-hybridized carbons (Fsp3) is 0.111. The van der Waals surface area contributed by atoms with E-state index >= 15 is 0 Å². The number of hydrogen-bond acceptors (Lipinski definition) is 3. The van der Waals surface area contributed by atoms with Gasteiger partial charge in [-0.25, -0.2) is 5.10 Å². The van der Waals surface area contributed by atoms with E-state index in [0.717, 1.165) is 5.56 Å². The number of aryl methyl sites for hydroxylation is 1. The maximum atomic E-state index is 5.16. The Balaban J connectivity index is 2.47. The Morgan fingerprint density at radius 3 is 2.54 bits per heavy atom. The predicted octanol–water partition coefficient (Wildman–Crippen LogP) is 2.71. The van der Waals surface area contributed by atoms with Crippen LogP contribution in [0.4, 0.5) is 0 Å². The van der Waals surface area contributed by atoms with Crippen LogP contribution in [0.25, 0.3) is 11.5 Å². The van der Waals surface area contributed by atoms with E-state index in [1.54, 1.807) is 0 Å². The lowest BCUT2D eigenvalue weighted by atomic mass is 10.1. The number of H-pyrrole nitrogens is 1. The molecule has 0 saturated heterocycles. The number of benzene rings is 1. The lowest BCUT2D eigenvalue weighted by molar-refractivity contribution is 0.552. The quantitative estimate of drug-likeness (QED) is 0.706. The molecule has 0 aliphatic heterocycles. The molecule has 1 N–H and O–H groups in total. The van der Waals surface area contributed by atoms with Crippen molar-refractivity contribution in [2.24, 2.45) is 0 Å². The molecule has 4 heteroatoms. The summed E-state index contributed by atoms with van der Waals surface area (Å²) in [6, 6.07) is 7.90. The molecular weight excluding hydrogens is 184 g/mol. The summed E-state index contributed by atoms with van der Waals surface area (Å²) in [4.78, 5) is 0.301. The molecule has 0 aliphatic carbocycles. The van der Waals surface area contributed by atoms with Crippen LogP contribution in [0.2, 0.25) is 0 Å². The van der Waals surface area contributed by atoms with Gasteiger partial charge in [0.1, 0.15) is 0 Å². The lowest BCUT2D eigenvalue weighted by Gasteiger charge is -1.94. The average molecular weight is 192 g/mol. The van der Waals surface area contributed by atoms with Gasteiger partial charge < -0.3 is 4.42 Å². The van der Waals surface area contributed by atoms with Crippen molar-refractivity contribution < 1.29 is 4.42 Å². The van der Waals surface area contributed by atoms with E-state index in [1.807, 2.05) is 31.2 Å². The predicted molar refractivity (Wildman–Crippen MR) is 51.9 cm³/mol. The third-order valence-electron chi connectivity index (χ3n) is 1.74. The highest BCUT2D eigenvalue weighted by molar-refractivity contribution is 7.71. The number of aromatic amines is 1. The molecule has 1 aromatic heterocycles. The summed E-state index contributed by atoms with van der Waals surface area (Å²) in [5.41, 5.74) is 2.14. The molecule has 0 radical (unpaired) electrons. The van der Waals surface area contributed by atoms with Gasteiger partial charge in [0.05, 0.1) is 0 Å². The standard InChI is InChI=1S/C9H8N2OS/c1-6-2-4-7(5-3-6)8-10-11-9(13)12-8/h2-5H,1H3,(H,11,13). The van der Waals surface area contributed by atoms with E-state index < -0.39 is 0 Å². The smallest absolute Gasteiger partial charge is 0.284 e. The Bertz CT molecular complexity index is 455. The van der Waals surface area contributed by atoms with E-state index in [9.17, 15) is 0 Å². The number of hydrogen-bond donors (Lipinski definition) is 1. The second-order valence-electron chi connectivity index (χ2n) is 2.78. The van der Waals surface area contributed by atoms with Crippen molar-refractivity contribution in [3.63, 3.8) is 0 Å². The summed E-state index contributed by atoms with van der Waals surface area (Å²) >= 11 is 4.77. The van der Waals surface area contributed by atoms with Gasteiger partial charge in [0, 0.05) is 5.56 Å². The van der Waals surface area contributed by atoms with Crippen molar-refractivity contribution in [1.82, 2.24) is 10.2 Å². The Morgan fingerprint density at radius 1 is 1.31 bits per heavy atom. The zero-order chi connectivity index (χ0) is 9.26. The monoisotopic (exact) mass is 192 g/mol. The molecule has 0 spiro atoms. The summed E-state index contributed by atoms with van der Waals surface area (Å²) in [7, 11) is 0. The van der Waals surface area contributed by atoms with Crippen molar-refractivity contribution in [2.45, 2.75) is 6.92 Å². The van der Waals surface area contributed by atoms with Crippen molar-refractivity contribution in [1.29, 1.82) is 0 Å². The zero-order valence-corrected chi connectivity index (χ0v) is 7.89. The van der Waals surface area contributed by atoms with Crippen LogP contribution < -0.4 is 0 Å². The molecule has 1 aromatic carbocycles. The van der Waals surface area contributed by atoms with E-state index in [-0.39, 0.29) is 0 Å². The molecular formula is C9H8N2OS. The van der Waals surface area contributed by atoms with Gasteiger partial charge in [-0.2, -0.15) is 0 Å². The largest absolute Gasteiger partial charge is 0.409 e. The van der Waals surface area contributed by atoms with Crippen LogP contribution in [0, 0.1) is 11.8 Å². The molecule has 0 amide bonds. The maximum Gasteiger partial charge on any atom is 0.284 e. The highest BCUT2D eigenvalue weighted by atomic mass is 32.1. The third kappa shape index (κ3) is 1.67. The van der Waals surface area contributed by atoms with Crippen LogP contribution in [0.15, 0.2) is 28.7 Å². The number of nitrogens with zero attached hydrogens (tertiary/aromatic N) is 1. The first-order valence-corrected chi connectivity index (χ1v) is 4.29. The minimum Gasteiger partial charge on any atom is -0.409 e. The SMILES string of the molecule is Cc1ccc(-c2n[nH]c(=S)o2)cc1. The Hall–Kier alpha value is -1.42. The molecule has 0 unspecified atom stereocenters. The first-order chi connectivity index (χ1) is 6.25. The second kappa shape index (κ2) is 3.14. The van der Waals surface area contributed by atoms with Crippen molar-refractivity contribution in [3.8, 4) is 11.5 Å². The summed E-state index contributed by atoms with van der Waals surface area (Å²) in [5, 5.41) is 6.50. The third-order valence-corrected chi connectivity index (χ3v) is 1.91. The highest BCUT2D eigenvalue weighted by Crippen LogP contribution is 2.16. The van der Waals surface area contributed by atoms with Crippen molar-refractivity contribution in [3.05, 3.63) is 34.7 Å². The maximum absolute atomic E-state index is 5.16. The van der Waals surface area contributed by atoms with E-state index in [1.165, 1.54) is 5.56 Å². The van der Waals surface area contributed by atoms with Crippen molar-refractivity contribution >= 4 is 12.2 Å². The molecule has 2 rings (SSSR count). The lowest BCUT2D eigenvalue weighted by Crippen LogP contribution is -1.77. The van der Waals surface area contributed by atoms with E-state index in [2.05, 4.69) is 10.2 Å². The van der Waals surface area contributed by atoms with Gasteiger partial charge in [-0.1, -0.05) is 17.7 Å². The molecule has 66 valence electrons.